The lowest BCUT2D eigenvalue weighted by molar-refractivity contribution is 0.628. The van der Waals surface area contributed by atoms with Gasteiger partial charge in [-0.15, -0.1) is 12.4 Å². The van der Waals surface area contributed by atoms with Gasteiger partial charge in [-0.05, 0) is 30.7 Å². The zero-order valence-corrected chi connectivity index (χ0v) is 8.96. The van der Waals surface area contributed by atoms with Gasteiger partial charge in [0, 0.05) is 6.20 Å². The fourth-order valence-corrected chi connectivity index (χ4v) is 1.28. The summed E-state index contributed by atoms with van der Waals surface area (Å²) in [4.78, 5) is 0. The molecule has 0 unspecified atom stereocenters. The summed E-state index contributed by atoms with van der Waals surface area (Å²) >= 11 is 0. The second-order valence-corrected chi connectivity index (χ2v) is 3.17. The Morgan fingerprint density at radius 3 is 2.67 bits per heavy atom. The molecule has 0 aliphatic rings. The lowest BCUT2D eigenvalue weighted by Crippen LogP contribution is -2.00. The Bertz CT molecular complexity index is 467. The fourth-order valence-electron chi connectivity index (χ4n) is 1.28. The topological polar surface area (TPSA) is 43.8 Å². The monoisotopic (exact) mass is 227 g/mol. The molecule has 0 atom stereocenters. The number of anilines is 1. The molecule has 5 heteroatoms. The summed E-state index contributed by atoms with van der Waals surface area (Å²) in [5.74, 6) is -0.338. The first-order valence-electron chi connectivity index (χ1n) is 4.23. The van der Waals surface area contributed by atoms with Crippen LogP contribution in [0.5, 0.6) is 0 Å². The highest BCUT2D eigenvalue weighted by molar-refractivity contribution is 5.85. The minimum atomic E-state index is -0.338. The number of benzene rings is 1. The summed E-state index contributed by atoms with van der Waals surface area (Å²) in [6, 6.07) is 4.26. The van der Waals surface area contributed by atoms with Crippen molar-refractivity contribution in [2.24, 2.45) is 0 Å². The molecular weight excluding hydrogens is 217 g/mol. The Kier molecular flexibility index (Phi) is 3.31. The SMILES string of the molecule is Cc1cnn(-c2ccc(F)cc2N)c1.Cl. The third-order valence-electron chi connectivity index (χ3n) is 1.95. The Morgan fingerprint density at radius 2 is 2.13 bits per heavy atom. The molecule has 80 valence electrons. The lowest BCUT2D eigenvalue weighted by atomic mass is 10.2. The first-order valence-corrected chi connectivity index (χ1v) is 4.23. The van der Waals surface area contributed by atoms with Gasteiger partial charge in [-0.2, -0.15) is 5.10 Å². The zero-order valence-electron chi connectivity index (χ0n) is 8.14. The number of nitrogen functional groups attached to an aromatic ring is 1. The van der Waals surface area contributed by atoms with E-state index in [4.69, 9.17) is 5.73 Å². The van der Waals surface area contributed by atoms with Crippen molar-refractivity contribution >= 4 is 18.1 Å². The number of aryl methyl sites for hydroxylation is 1. The van der Waals surface area contributed by atoms with Crippen LogP contribution in [-0.4, -0.2) is 9.78 Å². The number of aromatic nitrogens is 2. The largest absolute Gasteiger partial charge is 0.397 e. The highest BCUT2D eigenvalue weighted by atomic mass is 35.5. The summed E-state index contributed by atoms with van der Waals surface area (Å²) in [6.45, 7) is 1.93. The van der Waals surface area contributed by atoms with Crippen molar-refractivity contribution in [3.63, 3.8) is 0 Å². The van der Waals surface area contributed by atoms with Crippen molar-refractivity contribution in [1.82, 2.24) is 9.78 Å². The average Bonchev–Trinajstić information content (AvgIpc) is 2.51. The molecule has 0 spiro atoms. The molecule has 1 aromatic heterocycles. The number of halogens is 2. The Hall–Kier alpha value is -1.55. The lowest BCUT2D eigenvalue weighted by Gasteiger charge is -2.04. The van der Waals surface area contributed by atoms with Crippen LogP contribution in [-0.2, 0) is 0 Å². The minimum Gasteiger partial charge on any atom is -0.397 e. The molecule has 0 fully saturated rings. The van der Waals surface area contributed by atoms with Crippen LogP contribution in [0.4, 0.5) is 10.1 Å². The van der Waals surface area contributed by atoms with E-state index >= 15 is 0 Å². The van der Waals surface area contributed by atoms with Crippen LogP contribution in [0.2, 0.25) is 0 Å². The maximum absolute atomic E-state index is 12.8. The van der Waals surface area contributed by atoms with Gasteiger partial charge < -0.3 is 5.73 Å². The summed E-state index contributed by atoms with van der Waals surface area (Å²) in [5.41, 5.74) is 7.77. The van der Waals surface area contributed by atoms with Crippen molar-refractivity contribution in [1.29, 1.82) is 0 Å². The highest BCUT2D eigenvalue weighted by Gasteiger charge is 2.03. The highest BCUT2D eigenvalue weighted by Crippen LogP contribution is 2.17. The quantitative estimate of drug-likeness (QED) is 0.760. The molecule has 0 aliphatic heterocycles. The van der Waals surface area contributed by atoms with Crippen LogP contribution in [0.25, 0.3) is 5.69 Å². The maximum atomic E-state index is 12.8. The molecule has 15 heavy (non-hydrogen) atoms. The van der Waals surface area contributed by atoms with Gasteiger partial charge in [0.05, 0.1) is 17.6 Å². The Labute approximate surface area is 93.1 Å². The van der Waals surface area contributed by atoms with Crippen LogP contribution in [0.15, 0.2) is 30.6 Å². The molecule has 3 nitrogen and oxygen atoms in total. The summed E-state index contributed by atoms with van der Waals surface area (Å²) in [6.07, 6.45) is 3.56. The van der Waals surface area contributed by atoms with Gasteiger partial charge in [0.15, 0.2) is 0 Å². The molecule has 0 aliphatic carbocycles. The Balaban J connectivity index is 0.00000112. The van der Waals surface area contributed by atoms with E-state index < -0.39 is 0 Å². The molecule has 0 radical (unpaired) electrons. The van der Waals surface area contributed by atoms with Crippen molar-refractivity contribution in [3.05, 3.63) is 42.0 Å². The normalized spacial score (nSPS) is 9.73. The van der Waals surface area contributed by atoms with Crippen LogP contribution in [0, 0.1) is 12.7 Å². The van der Waals surface area contributed by atoms with Gasteiger partial charge in [-0.3, -0.25) is 0 Å². The zero-order chi connectivity index (χ0) is 10.1. The number of rotatable bonds is 1. The van der Waals surface area contributed by atoms with Gasteiger partial charge in [-0.25, -0.2) is 9.07 Å². The molecule has 2 aromatic rings. The first kappa shape index (κ1) is 11.5. The van der Waals surface area contributed by atoms with Crippen LogP contribution in [0.3, 0.4) is 0 Å². The predicted octanol–water partition coefficient (Wildman–Crippen LogP) is 2.32. The summed E-state index contributed by atoms with van der Waals surface area (Å²) < 4.78 is 14.4. The molecule has 1 aromatic carbocycles. The van der Waals surface area contributed by atoms with E-state index in [1.54, 1.807) is 16.9 Å². The number of nitrogens with zero attached hydrogens (tertiary/aromatic N) is 2. The van der Waals surface area contributed by atoms with Gasteiger partial charge in [0.1, 0.15) is 5.82 Å². The van der Waals surface area contributed by atoms with Crippen molar-refractivity contribution in [2.45, 2.75) is 6.92 Å². The molecule has 2 rings (SSSR count). The smallest absolute Gasteiger partial charge is 0.125 e. The number of hydrogen-bond acceptors (Lipinski definition) is 2. The van der Waals surface area contributed by atoms with E-state index in [2.05, 4.69) is 5.10 Å². The van der Waals surface area contributed by atoms with Crippen LogP contribution in [0.1, 0.15) is 5.56 Å². The van der Waals surface area contributed by atoms with E-state index in [1.807, 2.05) is 13.1 Å². The van der Waals surface area contributed by atoms with Gasteiger partial charge >= 0.3 is 0 Å². The minimum absolute atomic E-state index is 0. The molecule has 2 N–H and O–H groups in total. The second kappa shape index (κ2) is 4.31. The molecule has 0 amide bonds. The third kappa shape index (κ3) is 2.27. The van der Waals surface area contributed by atoms with Crippen LogP contribution < -0.4 is 5.73 Å². The van der Waals surface area contributed by atoms with Crippen molar-refractivity contribution in [3.8, 4) is 5.69 Å². The first-order chi connectivity index (χ1) is 6.66. The van der Waals surface area contributed by atoms with Gasteiger partial charge in [0.25, 0.3) is 0 Å². The second-order valence-electron chi connectivity index (χ2n) is 3.17. The average molecular weight is 228 g/mol. The Morgan fingerprint density at radius 1 is 1.40 bits per heavy atom. The fraction of sp³-hybridized carbons (Fsp3) is 0.100. The molecule has 0 saturated carbocycles. The van der Waals surface area contributed by atoms with Gasteiger partial charge in [0.2, 0.25) is 0 Å². The number of nitrogens with two attached hydrogens (primary N) is 1. The summed E-state index contributed by atoms with van der Waals surface area (Å²) in [5, 5.41) is 4.09. The third-order valence-corrected chi connectivity index (χ3v) is 1.95. The maximum Gasteiger partial charge on any atom is 0.125 e. The standard InChI is InChI=1S/C10H10FN3.ClH/c1-7-5-13-14(6-7)10-3-2-8(11)4-9(10)12;/h2-6H,12H2,1H3;1H. The molecule has 0 bridgehead atoms. The van der Waals surface area contributed by atoms with Crippen molar-refractivity contribution < 1.29 is 4.39 Å². The molecule has 1 heterocycles. The van der Waals surface area contributed by atoms with E-state index in [9.17, 15) is 4.39 Å². The molecule has 0 saturated heterocycles. The van der Waals surface area contributed by atoms with E-state index in [0.29, 0.717) is 11.4 Å². The predicted molar refractivity (Wildman–Crippen MR) is 59.9 cm³/mol. The van der Waals surface area contributed by atoms with E-state index in [1.165, 1.54) is 12.1 Å². The van der Waals surface area contributed by atoms with Crippen LogP contribution >= 0.6 is 12.4 Å². The summed E-state index contributed by atoms with van der Waals surface area (Å²) in [7, 11) is 0. The number of hydrogen-bond donors (Lipinski definition) is 1. The van der Waals surface area contributed by atoms with E-state index in [-0.39, 0.29) is 18.2 Å². The van der Waals surface area contributed by atoms with Crippen molar-refractivity contribution in [2.75, 3.05) is 5.73 Å². The van der Waals surface area contributed by atoms with E-state index in [0.717, 1.165) is 5.56 Å². The molecular formula is C10H11ClFN3. The van der Waals surface area contributed by atoms with Gasteiger partial charge in [-0.1, -0.05) is 0 Å².